The fourth-order valence-electron chi connectivity index (χ4n) is 2.33. The van der Waals surface area contributed by atoms with E-state index in [0.29, 0.717) is 0 Å². The summed E-state index contributed by atoms with van der Waals surface area (Å²) in [5.74, 6) is 0. The highest BCUT2D eigenvalue weighted by atomic mass is 16.5. The summed E-state index contributed by atoms with van der Waals surface area (Å²) in [5, 5.41) is 3.26. The largest absolute Gasteiger partial charge is 0.371 e. The molecule has 0 amide bonds. The summed E-state index contributed by atoms with van der Waals surface area (Å²) in [6.45, 7) is 14.4. The molecular formula is C12H25N3O. The monoisotopic (exact) mass is 227 g/mol. The molecule has 2 saturated heterocycles. The Morgan fingerprint density at radius 2 is 1.75 bits per heavy atom. The molecule has 0 aromatic rings. The van der Waals surface area contributed by atoms with Crippen LogP contribution < -0.4 is 5.32 Å². The Morgan fingerprint density at radius 3 is 2.25 bits per heavy atom. The topological polar surface area (TPSA) is 27.7 Å². The maximum absolute atomic E-state index is 5.90. The van der Waals surface area contributed by atoms with Gasteiger partial charge in [-0.25, -0.2) is 0 Å². The van der Waals surface area contributed by atoms with Crippen LogP contribution in [0.15, 0.2) is 0 Å². The second-order valence-electron chi connectivity index (χ2n) is 5.18. The zero-order chi connectivity index (χ0) is 11.4. The zero-order valence-corrected chi connectivity index (χ0v) is 10.7. The predicted molar refractivity (Wildman–Crippen MR) is 65.8 cm³/mol. The molecule has 1 N–H and O–H groups in total. The third-order valence-corrected chi connectivity index (χ3v) is 3.77. The molecule has 0 aliphatic carbocycles. The molecule has 2 aliphatic heterocycles. The van der Waals surface area contributed by atoms with Crippen LogP contribution in [0.1, 0.15) is 13.8 Å². The van der Waals surface area contributed by atoms with Crippen molar-refractivity contribution in [2.75, 3.05) is 59.0 Å². The number of hydrogen-bond acceptors (Lipinski definition) is 4. The van der Waals surface area contributed by atoms with Gasteiger partial charge >= 0.3 is 0 Å². The minimum atomic E-state index is 0.116. The van der Waals surface area contributed by atoms with Crippen molar-refractivity contribution in [3.05, 3.63) is 0 Å². The van der Waals surface area contributed by atoms with Crippen LogP contribution >= 0.6 is 0 Å². The molecule has 4 nitrogen and oxygen atoms in total. The summed E-state index contributed by atoms with van der Waals surface area (Å²) in [6.07, 6.45) is 0. The minimum Gasteiger partial charge on any atom is -0.371 e. The van der Waals surface area contributed by atoms with Gasteiger partial charge in [0.2, 0.25) is 0 Å². The Morgan fingerprint density at radius 1 is 1.12 bits per heavy atom. The summed E-state index contributed by atoms with van der Waals surface area (Å²) in [7, 11) is 0. The highest BCUT2D eigenvalue weighted by molar-refractivity contribution is 4.90. The lowest BCUT2D eigenvalue weighted by Gasteiger charge is -2.40. The Bertz CT molecular complexity index is 210. The van der Waals surface area contributed by atoms with Crippen LogP contribution in [-0.2, 0) is 4.74 Å². The number of rotatable bonds is 5. The summed E-state index contributed by atoms with van der Waals surface area (Å²) in [5.41, 5.74) is 0.116. The van der Waals surface area contributed by atoms with Crippen molar-refractivity contribution in [1.29, 1.82) is 0 Å². The van der Waals surface area contributed by atoms with Crippen molar-refractivity contribution in [2.45, 2.75) is 19.4 Å². The quantitative estimate of drug-likeness (QED) is 0.716. The maximum atomic E-state index is 5.90. The number of hydrogen-bond donors (Lipinski definition) is 1. The Labute approximate surface area is 98.9 Å². The first-order valence-electron chi connectivity index (χ1n) is 6.51. The molecule has 0 saturated carbocycles. The molecule has 2 fully saturated rings. The fraction of sp³-hybridized carbons (Fsp3) is 1.00. The molecule has 0 spiro atoms. The number of nitrogens with zero attached hydrogens (tertiary/aromatic N) is 2. The van der Waals surface area contributed by atoms with Gasteiger partial charge in [0.15, 0.2) is 0 Å². The van der Waals surface area contributed by atoms with Crippen LogP contribution in [0.2, 0.25) is 0 Å². The van der Waals surface area contributed by atoms with Gasteiger partial charge in [-0.2, -0.15) is 0 Å². The molecule has 4 heteroatoms. The second-order valence-corrected chi connectivity index (χ2v) is 5.18. The van der Waals surface area contributed by atoms with E-state index in [0.717, 1.165) is 26.2 Å². The van der Waals surface area contributed by atoms with Crippen molar-refractivity contribution in [1.82, 2.24) is 15.1 Å². The van der Waals surface area contributed by atoms with Crippen LogP contribution in [0.5, 0.6) is 0 Å². The Balaban J connectivity index is 1.57. The number of ether oxygens (including phenoxy) is 1. The smallest absolute Gasteiger partial charge is 0.0902 e. The van der Waals surface area contributed by atoms with Gasteiger partial charge in [0.05, 0.1) is 12.2 Å². The Hall–Kier alpha value is -0.160. The highest BCUT2D eigenvalue weighted by Crippen LogP contribution is 2.14. The third-order valence-electron chi connectivity index (χ3n) is 3.77. The average Bonchev–Trinajstić information content (AvgIpc) is 2.28. The van der Waals surface area contributed by atoms with E-state index < -0.39 is 0 Å². The van der Waals surface area contributed by atoms with E-state index in [-0.39, 0.29) is 5.60 Å². The molecular weight excluding hydrogens is 202 g/mol. The van der Waals surface area contributed by atoms with Gasteiger partial charge in [-0.15, -0.1) is 0 Å². The van der Waals surface area contributed by atoms with Crippen molar-refractivity contribution in [3.63, 3.8) is 0 Å². The first-order valence-corrected chi connectivity index (χ1v) is 6.51. The van der Waals surface area contributed by atoms with Crippen LogP contribution in [0, 0.1) is 0 Å². The standard InChI is InChI=1S/C12H25N3O/c1-3-14-4-6-15(7-5-14)8-9-16-12(2)10-13-11-12/h13H,3-11H2,1-2H3. The van der Waals surface area contributed by atoms with Crippen molar-refractivity contribution in [3.8, 4) is 0 Å². The molecule has 0 atom stereocenters. The number of piperazine rings is 1. The average molecular weight is 227 g/mol. The van der Waals surface area contributed by atoms with Crippen LogP contribution in [-0.4, -0.2) is 74.4 Å². The molecule has 2 rings (SSSR count). The molecule has 0 radical (unpaired) electrons. The number of nitrogens with one attached hydrogen (secondary N) is 1. The van der Waals surface area contributed by atoms with Gasteiger partial charge in [0.1, 0.15) is 0 Å². The van der Waals surface area contributed by atoms with E-state index in [9.17, 15) is 0 Å². The van der Waals surface area contributed by atoms with Crippen molar-refractivity contribution >= 4 is 0 Å². The molecule has 2 aliphatic rings. The summed E-state index contributed by atoms with van der Waals surface area (Å²) in [4.78, 5) is 5.02. The van der Waals surface area contributed by atoms with Crippen LogP contribution in [0.4, 0.5) is 0 Å². The molecule has 16 heavy (non-hydrogen) atoms. The summed E-state index contributed by atoms with van der Waals surface area (Å²) in [6, 6.07) is 0. The summed E-state index contributed by atoms with van der Waals surface area (Å²) >= 11 is 0. The van der Waals surface area contributed by atoms with E-state index in [1.54, 1.807) is 0 Å². The maximum Gasteiger partial charge on any atom is 0.0902 e. The van der Waals surface area contributed by atoms with E-state index in [1.165, 1.54) is 32.7 Å². The third kappa shape index (κ3) is 3.17. The molecule has 2 heterocycles. The Kier molecular flexibility index (Phi) is 4.19. The van der Waals surface area contributed by atoms with E-state index in [1.807, 2.05) is 0 Å². The molecule has 0 bridgehead atoms. The minimum absolute atomic E-state index is 0.116. The van der Waals surface area contributed by atoms with Gasteiger partial charge in [0.25, 0.3) is 0 Å². The predicted octanol–water partition coefficient (Wildman–Crippen LogP) is 0.00240. The molecule has 0 aromatic heterocycles. The lowest BCUT2D eigenvalue weighted by molar-refractivity contribution is -0.0739. The number of likely N-dealkylation sites (N-methyl/N-ethyl adjacent to an activating group) is 1. The normalized spacial score (nSPS) is 26.6. The van der Waals surface area contributed by atoms with Crippen LogP contribution in [0.25, 0.3) is 0 Å². The van der Waals surface area contributed by atoms with Gasteiger partial charge in [0, 0.05) is 45.8 Å². The lowest BCUT2D eigenvalue weighted by atomic mass is 10.0. The first kappa shape index (κ1) is 12.3. The molecule has 0 aromatic carbocycles. The van der Waals surface area contributed by atoms with Gasteiger partial charge in [-0.1, -0.05) is 6.92 Å². The van der Waals surface area contributed by atoms with Gasteiger partial charge in [-0.05, 0) is 13.5 Å². The SMILES string of the molecule is CCN1CCN(CCOC2(C)CNC2)CC1. The van der Waals surface area contributed by atoms with Gasteiger partial charge in [-0.3, -0.25) is 4.90 Å². The molecule has 0 unspecified atom stereocenters. The van der Waals surface area contributed by atoms with E-state index >= 15 is 0 Å². The highest BCUT2D eigenvalue weighted by Gasteiger charge is 2.32. The van der Waals surface area contributed by atoms with Crippen molar-refractivity contribution < 1.29 is 4.74 Å². The zero-order valence-electron chi connectivity index (χ0n) is 10.7. The van der Waals surface area contributed by atoms with E-state index in [2.05, 4.69) is 29.0 Å². The second kappa shape index (κ2) is 5.45. The van der Waals surface area contributed by atoms with Crippen LogP contribution in [0.3, 0.4) is 0 Å². The van der Waals surface area contributed by atoms with Gasteiger partial charge < -0.3 is 15.0 Å². The lowest BCUT2D eigenvalue weighted by Crippen LogP contribution is -2.59. The first-order chi connectivity index (χ1) is 7.72. The fourth-order valence-corrected chi connectivity index (χ4v) is 2.33. The van der Waals surface area contributed by atoms with E-state index in [4.69, 9.17) is 4.74 Å². The van der Waals surface area contributed by atoms with Crippen molar-refractivity contribution in [2.24, 2.45) is 0 Å². The summed E-state index contributed by atoms with van der Waals surface area (Å²) < 4.78 is 5.90. The molecule has 94 valence electrons.